The maximum absolute atomic E-state index is 10.8. The van der Waals surface area contributed by atoms with Crippen molar-refractivity contribution in [3.63, 3.8) is 0 Å². The highest BCUT2D eigenvalue weighted by atomic mass is 16.3. The molecule has 2 aromatic carbocycles. The van der Waals surface area contributed by atoms with Crippen LogP contribution in [0.15, 0.2) is 48.5 Å². The van der Waals surface area contributed by atoms with E-state index in [2.05, 4.69) is 13.0 Å². The second-order valence-corrected chi connectivity index (χ2v) is 4.82. The second-order valence-electron chi connectivity index (χ2n) is 4.82. The van der Waals surface area contributed by atoms with Crippen LogP contribution >= 0.6 is 0 Å². The van der Waals surface area contributed by atoms with Crippen molar-refractivity contribution in [2.75, 3.05) is 0 Å². The Hall–Kier alpha value is -2.11. The third-order valence-electron chi connectivity index (χ3n) is 3.45. The predicted octanol–water partition coefficient (Wildman–Crippen LogP) is 3.38. The molecule has 0 fully saturated rings. The smallest absolute Gasteiger partial charge is 0.112 e. The number of aliphatic hydroxyl groups is 1. The number of nitrogens with zero attached hydrogens (tertiary/aromatic N) is 1. The zero-order valence-corrected chi connectivity index (χ0v) is 11.2. The summed E-state index contributed by atoms with van der Waals surface area (Å²) in [5.41, 5.74) is 2.25. The molecule has 1 unspecified atom stereocenters. The van der Waals surface area contributed by atoms with Gasteiger partial charge in [-0.2, -0.15) is 5.26 Å². The van der Waals surface area contributed by atoms with Gasteiger partial charge in [-0.05, 0) is 42.2 Å². The lowest BCUT2D eigenvalue weighted by Gasteiger charge is -2.25. The van der Waals surface area contributed by atoms with Crippen LogP contribution in [0.4, 0.5) is 0 Å². The molecule has 0 radical (unpaired) electrons. The van der Waals surface area contributed by atoms with Gasteiger partial charge < -0.3 is 5.11 Å². The lowest BCUT2D eigenvalue weighted by Crippen LogP contribution is -2.23. The molecule has 2 heteroatoms. The SMILES string of the molecule is CCc1cccc(C(C)(O)c2cccc(C#N)c2)c1. The summed E-state index contributed by atoms with van der Waals surface area (Å²) in [6.45, 7) is 3.85. The lowest BCUT2D eigenvalue weighted by atomic mass is 9.86. The Morgan fingerprint density at radius 3 is 2.37 bits per heavy atom. The van der Waals surface area contributed by atoms with Crippen LogP contribution in [0.3, 0.4) is 0 Å². The first kappa shape index (κ1) is 13.3. The number of nitriles is 1. The van der Waals surface area contributed by atoms with Crippen molar-refractivity contribution in [1.82, 2.24) is 0 Å². The van der Waals surface area contributed by atoms with Gasteiger partial charge in [0.05, 0.1) is 11.6 Å². The van der Waals surface area contributed by atoms with E-state index in [9.17, 15) is 5.11 Å². The van der Waals surface area contributed by atoms with E-state index in [1.807, 2.05) is 30.3 Å². The summed E-state index contributed by atoms with van der Waals surface area (Å²) < 4.78 is 0. The summed E-state index contributed by atoms with van der Waals surface area (Å²) in [5.74, 6) is 0. The minimum atomic E-state index is -1.09. The summed E-state index contributed by atoms with van der Waals surface area (Å²) in [4.78, 5) is 0. The van der Waals surface area contributed by atoms with Crippen LogP contribution < -0.4 is 0 Å². The molecule has 2 nitrogen and oxygen atoms in total. The first-order chi connectivity index (χ1) is 9.07. The Bertz CT molecular complexity index is 623. The summed E-state index contributed by atoms with van der Waals surface area (Å²) in [6, 6.07) is 17.1. The van der Waals surface area contributed by atoms with Gasteiger partial charge in [-0.25, -0.2) is 0 Å². The molecule has 0 saturated heterocycles. The molecular formula is C17H17NO. The van der Waals surface area contributed by atoms with E-state index in [-0.39, 0.29) is 0 Å². The van der Waals surface area contributed by atoms with Gasteiger partial charge in [0.25, 0.3) is 0 Å². The highest BCUT2D eigenvalue weighted by Gasteiger charge is 2.25. The van der Waals surface area contributed by atoms with E-state index in [4.69, 9.17) is 5.26 Å². The summed E-state index contributed by atoms with van der Waals surface area (Å²) >= 11 is 0. The third kappa shape index (κ3) is 2.67. The van der Waals surface area contributed by atoms with Crippen molar-refractivity contribution < 1.29 is 5.11 Å². The van der Waals surface area contributed by atoms with E-state index in [1.54, 1.807) is 25.1 Å². The molecule has 2 aromatic rings. The largest absolute Gasteiger partial charge is 0.381 e. The average Bonchev–Trinajstić information content (AvgIpc) is 2.47. The fourth-order valence-electron chi connectivity index (χ4n) is 2.15. The van der Waals surface area contributed by atoms with Crippen LogP contribution in [0.1, 0.15) is 36.1 Å². The van der Waals surface area contributed by atoms with Gasteiger partial charge in [0.15, 0.2) is 0 Å². The third-order valence-corrected chi connectivity index (χ3v) is 3.45. The van der Waals surface area contributed by atoms with E-state index < -0.39 is 5.60 Å². The molecule has 0 amide bonds. The number of aryl methyl sites for hydroxylation is 1. The van der Waals surface area contributed by atoms with Crippen molar-refractivity contribution in [2.24, 2.45) is 0 Å². The maximum atomic E-state index is 10.8. The van der Waals surface area contributed by atoms with Crippen LogP contribution in [0, 0.1) is 11.3 Å². The molecule has 0 aliphatic heterocycles. The molecule has 0 saturated carbocycles. The zero-order chi connectivity index (χ0) is 13.9. The molecule has 19 heavy (non-hydrogen) atoms. The van der Waals surface area contributed by atoms with Crippen LogP contribution in [0.25, 0.3) is 0 Å². The first-order valence-corrected chi connectivity index (χ1v) is 6.40. The number of hydrogen-bond donors (Lipinski definition) is 1. The molecule has 0 spiro atoms. The van der Waals surface area contributed by atoms with Crippen molar-refractivity contribution in [2.45, 2.75) is 25.9 Å². The molecule has 1 atom stereocenters. The Morgan fingerprint density at radius 1 is 1.11 bits per heavy atom. The van der Waals surface area contributed by atoms with Crippen LogP contribution in [-0.2, 0) is 12.0 Å². The average molecular weight is 251 g/mol. The monoisotopic (exact) mass is 251 g/mol. The summed E-state index contributed by atoms with van der Waals surface area (Å²) in [5, 5.41) is 19.7. The Morgan fingerprint density at radius 2 is 1.74 bits per heavy atom. The van der Waals surface area contributed by atoms with E-state index in [0.717, 1.165) is 17.5 Å². The molecule has 0 aliphatic carbocycles. The Balaban J connectivity index is 2.48. The molecule has 2 rings (SSSR count). The van der Waals surface area contributed by atoms with Crippen molar-refractivity contribution >= 4 is 0 Å². The van der Waals surface area contributed by atoms with E-state index in [1.165, 1.54) is 5.56 Å². The topological polar surface area (TPSA) is 44.0 Å². The highest BCUT2D eigenvalue weighted by Crippen LogP contribution is 2.30. The molecule has 0 aromatic heterocycles. The zero-order valence-electron chi connectivity index (χ0n) is 11.2. The van der Waals surface area contributed by atoms with Crippen molar-refractivity contribution in [3.05, 3.63) is 70.8 Å². The molecule has 0 aliphatic rings. The fourth-order valence-corrected chi connectivity index (χ4v) is 2.15. The molecule has 0 heterocycles. The lowest BCUT2D eigenvalue weighted by molar-refractivity contribution is 0.102. The van der Waals surface area contributed by atoms with Gasteiger partial charge in [-0.15, -0.1) is 0 Å². The van der Waals surface area contributed by atoms with Crippen molar-refractivity contribution in [1.29, 1.82) is 5.26 Å². The maximum Gasteiger partial charge on any atom is 0.112 e. The fraction of sp³-hybridized carbons (Fsp3) is 0.235. The van der Waals surface area contributed by atoms with Crippen LogP contribution in [0.5, 0.6) is 0 Å². The van der Waals surface area contributed by atoms with Crippen molar-refractivity contribution in [3.8, 4) is 6.07 Å². The quantitative estimate of drug-likeness (QED) is 0.908. The molecule has 1 N–H and O–H groups in total. The minimum Gasteiger partial charge on any atom is -0.381 e. The van der Waals surface area contributed by atoms with Crippen LogP contribution in [0.2, 0.25) is 0 Å². The van der Waals surface area contributed by atoms with Gasteiger partial charge in [0.2, 0.25) is 0 Å². The Kier molecular flexibility index (Phi) is 3.69. The van der Waals surface area contributed by atoms with Gasteiger partial charge in [-0.3, -0.25) is 0 Å². The second kappa shape index (κ2) is 5.26. The van der Waals surface area contributed by atoms with Gasteiger partial charge in [0, 0.05) is 0 Å². The van der Waals surface area contributed by atoms with Gasteiger partial charge >= 0.3 is 0 Å². The molecule has 0 bridgehead atoms. The minimum absolute atomic E-state index is 0.560. The molecule has 96 valence electrons. The normalized spacial score (nSPS) is 13.6. The van der Waals surface area contributed by atoms with E-state index >= 15 is 0 Å². The van der Waals surface area contributed by atoms with Gasteiger partial charge in [0.1, 0.15) is 5.60 Å². The Labute approximate surface area is 114 Å². The number of hydrogen-bond acceptors (Lipinski definition) is 2. The molecular weight excluding hydrogens is 234 g/mol. The van der Waals surface area contributed by atoms with Crippen LogP contribution in [-0.4, -0.2) is 5.11 Å². The standard InChI is InChI=1S/C17H17NO/c1-3-13-6-4-8-15(10-13)17(2,19)16-9-5-7-14(11-16)12-18/h4-11,19H,3H2,1-2H3. The first-order valence-electron chi connectivity index (χ1n) is 6.40. The number of benzene rings is 2. The van der Waals surface area contributed by atoms with Gasteiger partial charge in [-0.1, -0.05) is 43.3 Å². The summed E-state index contributed by atoms with van der Waals surface area (Å²) in [7, 11) is 0. The number of rotatable bonds is 3. The predicted molar refractivity (Wildman–Crippen MR) is 75.6 cm³/mol. The van der Waals surface area contributed by atoms with E-state index in [0.29, 0.717) is 5.56 Å². The summed E-state index contributed by atoms with van der Waals surface area (Å²) in [6.07, 6.45) is 0.933. The highest BCUT2D eigenvalue weighted by molar-refractivity contribution is 5.41.